The summed E-state index contributed by atoms with van der Waals surface area (Å²) in [5, 5.41) is 0.365. The van der Waals surface area contributed by atoms with Gasteiger partial charge < -0.3 is 15.2 Å². The van der Waals surface area contributed by atoms with Crippen molar-refractivity contribution < 1.29 is 17.9 Å². The van der Waals surface area contributed by atoms with E-state index in [1.807, 2.05) is 0 Å². The summed E-state index contributed by atoms with van der Waals surface area (Å²) in [4.78, 5) is 0.106. The molecule has 0 radical (unpaired) electrons. The topological polar surface area (TPSA) is 81.9 Å². The second-order valence-corrected chi connectivity index (χ2v) is 7.75. The molecule has 0 aromatic heterocycles. The third kappa shape index (κ3) is 5.21. The highest BCUT2D eigenvalue weighted by Gasteiger charge is 2.31. The summed E-state index contributed by atoms with van der Waals surface area (Å²) in [5.41, 5.74) is 5.44. The zero-order valence-corrected chi connectivity index (χ0v) is 16.0. The number of benzene rings is 1. The number of methoxy groups -OCH3 is 1. The van der Waals surface area contributed by atoms with Gasteiger partial charge in [0, 0.05) is 24.7 Å². The fraction of sp³-hybridized carbons (Fsp3) is 0.600. The van der Waals surface area contributed by atoms with Crippen molar-refractivity contribution >= 4 is 34.0 Å². The first kappa shape index (κ1) is 21.5. The first-order chi connectivity index (χ1) is 11.0. The van der Waals surface area contributed by atoms with Crippen LogP contribution in [0, 0.1) is 0 Å². The molecule has 1 heterocycles. The molecule has 0 unspecified atom stereocenters. The minimum Gasteiger partial charge on any atom is -0.495 e. The third-order valence-electron chi connectivity index (χ3n) is 3.85. The van der Waals surface area contributed by atoms with Gasteiger partial charge >= 0.3 is 0 Å². The molecule has 1 aliphatic rings. The van der Waals surface area contributed by atoms with E-state index in [-0.39, 0.29) is 23.4 Å². The Hall–Kier alpha value is -0.570. The van der Waals surface area contributed by atoms with E-state index in [2.05, 4.69) is 0 Å². The zero-order chi connectivity index (χ0) is 16.9. The monoisotopic (exact) mass is 398 g/mol. The van der Waals surface area contributed by atoms with Gasteiger partial charge in [0.1, 0.15) is 10.6 Å². The molecular weight excluding hydrogens is 375 g/mol. The zero-order valence-electron chi connectivity index (χ0n) is 13.6. The van der Waals surface area contributed by atoms with Crippen LogP contribution in [0.1, 0.15) is 19.3 Å². The Morgan fingerprint density at radius 3 is 2.58 bits per heavy atom. The summed E-state index contributed by atoms with van der Waals surface area (Å²) >= 11 is 5.94. The first-order valence-corrected chi connectivity index (χ1v) is 9.46. The first-order valence-electron chi connectivity index (χ1n) is 7.64. The van der Waals surface area contributed by atoms with E-state index in [1.165, 1.54) is 17.5 Å². The Kier molecular flexibility index (Phi) is 8.76. The predicted molar refractivity (Wildman–Crippen MR) is 96.7 cm³/mol. The molecule has 0 aliphatic carbocycles. The van der Waals surface area contributed by atoms with Gasteiger partial charge in [-0.1, -0.05) is 11.6 Å². The lowest BCUT2D eigenvalue weighted by Gasteiger charge is -2.31. The number of piperidine rings is 1. The lowest BCUT2D eigenvalue weighted by Crippen LogP contribution is -2.41. The van der Waals surface area contributed by atoms with E-state index in [1.54, 1.807) is 12.1 Å². The molecule has 1 fully saturated rings. The lowest BCUT2D eigenvalue weighted by atomic mass is 10.1. The number of nitrogens with zero attached hydrogens (tertiary/aromatic N) is 1. The maximum atomic E-state index is 12.8. The minimum absolute atomic E-state index is 0. The number of hydrogen-bond donors (Lipinski definition) is 1. The van der Waals surface area contributed by atoms with Gasteiger partial charge in [0.05, 0.1) is 13.2 Å². The quantitative estimate of drug-likeness (QED) is 0.712. The van der Waals surface area contributed by atoms with E-state index in [9.17, 15) is 8.42 Å². The molecule has 138 valence electrons. The van der Waals surface area contributed by atoms with E-state index in [0.717, 1.165) is 6.42 Å². The summed E-state index contributed by atoms with van der Waals surface area (Å²) in [7, 11) is -2.18. The van der Waals surface area contributed by atoms with Crippen molar-refractivity contribution in [2.45, 2.75) is 30.3 Å². The molecule has 1 aromatic carbocycles. The smallest absolute Gasteiger partial charge is 0.246 e. The van der Waals surface area contributed by atoms with Crippen LogP contribution in [0.4, 0.5) is 0 Å². The fourth-order valence-electron chi connectivity index (χ4n) is 2.56. The highest BCUT2D eigenvalue weighted by atomic mass is 35.5. The van der Waals surface area contributed by atoms with E-state index in [0.29, 0.717) is 49.9 Å². The van der Waals surface area contributed by atoms with Gasteiger partial charge in [-0.05, 0) is 44.0 Å². The third-order valence-corrected chi connectivity index (χ3v) is 6.00. The van der Waals surface area contributed by atoms with Crippen LogP contribution < -0.4 is 10.5 Å². The van der Waals surface area contributed by atoms with Gasteiger partial charge in [-0.3, -0.25) is 0 Å². The van der Waals surface area contributed by atoms with Crippen LogP contribution in [0.3, 0.4) is 0 Å². The van der Waals surface area contributed by atoms with Crippen LogP contribution in [0.2, 0.25) is 5.02 Å². The normalized spacial score (nSPS) is 16.6. The van der Waals surface area contributed by atoms with Crippen molar-refractivity contribution in [1.29, 1.82) is 0 Å². The van der Waals surface area contributed by atoms with Crippen molar-refractivity contribution in [2.75, 3.05) is 33.4 Å². The van der Waals surface area contributed by atoms with Crippen molar-refractivity contribution in [1.82, 2.24) is 4.31 Å². The number of ether oxygens (including phenoxy) is 2. The molecule has 6 nitrogen and oxygen atoms in total. The van der Waals surface area contributed by atoms with Gasteiger partial charge in [0.25, 0.3) is 0 Å². The Morgan fingerprint density at radius 2 is 2.00 bits per heavy atom. The number of hydrogen-bond acceptors (Lipinski definition) is 5. The second-order valence-electron chi connectivity index (χ2n) is 5.41. The van der Waals surface area contributed by atoms with Crippen LogP contribution in [0.15, 0.2) is 23.1 Å². The average Bonchev–Trinajstić information content (AvgIpc) is 2.55. The molecule has 0 atom stereocenters. The largest absolute Gasteiger partial charge is 0.495 e. The molecule has 24 heavy (non-hydrogen) atoms. The Labute approximate surface area is 154 Å². The van der Waals surface area contributed by atoms with E-state index < -0.39 is 10.0 Å². The Bertz CT molecular complexity index is 620. The molecule has 0 amide bonds. The fourth-order valence-corrected chi connectivity index (χ4v) is 4.45. The molecule has 9 heteroatoms. The lowest BCUT2D eigenvalue weighted by molar-refractivity contribution is 0.0209. The molecule has 0 bridgehead atoms. The molecule has 1 aromatic rings. The summed E-state index contributed by atoms with van der Waals surface area (Å²) in [6.07, 6.45) is 2.26. The average molecular weight is 399 g/mol. The van der Waals surface area contributed by atoms with Gasteiger partial charge in [0.15, 0.2) is 0 Å². The summed E-state index contributed by atoms with van der Waals surface area (Å²) in [5.74, 6) is 0.302. The van der Waals surface area contributed by atoms with Crippen molar-refractivity contribution in [3.05, 3.63) is 23.2 Å². The van der Waals surface area contributed by atoms with Crippen molar-refractivity contribution in [3.63, 3.8) is 0 Å². The van der Waals surface area contributed by atoms with Gasteiger partial charge in [-0.2, -0.15) is 4.31 Å². The number of rotatable bonds is 7. The van der Waals surface area contributed by atoms with Crippen molar-refractivity contribution in [2.24, 2.45) is 5.73 Å². The highest BCUT2D eigenvalue weighted by Crippen LogP contribution is 2.31. The summed E-state index contributed by atoms with van der Waals surface area (Å²) in [6, 6.07) is 4.61. The van der Waals surface area contributed by atoms with E-state index >= 15 is 0 Å². The maximum absolute atomic E-state index is 12.8. The van der Waals surface area contributed by atoms with Crippen molar-refractivity contribution in [3.8, 4) is 5.75 Å². The van der Waals surface area contributed by atoms with Crippen LogP contribution in [0.5, 0.6) is 5.75 Å². The molecule has 1 saturated heterocycles. The SMILES string of the molecule is COc1ccc(Cl)cc1S(=O)(=O)N1CCC(OCCCN)CC1.Cl. The molecule has 2 rings (SSSR count). The van der Waals surface area contributed by atoms with Crippen LogP contribution in [-0.2, 0) is 14.8 Å². The van der Waals surface area contributed by atoms with Gasteiger partial charge in [-0.15, -0.1) is 12.4 Å². The molecule has 0 saturated carbocycles. The molecule has 0 spiro atoms. The molecule has 1 aliphatic heterocycles. The Morgan fingerprint density at radius 1 is 1.33 bits per heavy atom. The number of halogens is 2. The maximum Gasteiger partial charge on any atom is 0.246 e. The summed E-state index contributed by atoms with van der Waals surface area (Å²) in [6.45, 7) is 2.06. The van der Waals surface area contributed by atoms with Gasteiger partial charge in [-0.25, -0.2) is 8.42 Å². The number of sulfonamides is 1. The molecule has 2 N–H and O–H groups in total. The highest BCUT2D eigenvalue weighted by molar-refractivity contribution is 7.89. The number of nitrogens with two attached hydrogens (primary N) is 1. The van der Waals surface area contributed by atoms with E-state index in [4.69, 9.17) is 26.8 Å². The van der Waals surface area contributed by atoms with Crippen LogP contribution in [-0.4, -0.2) is 52.2 Å². The van der Waals surface area contributed by atoms with Crippen LogP contribution in [0.25, 0.3) is 0 Å². The Balaban J connectivity index is 0.00000288. The minimum atomic E-state index is -3.63. The molecular formula is C15H24Cl2N2O4S. The van der Waals surface area contributed by atoms with Gasteiger partial charge in [0.2, 0.25) is 10.0 Å². The standard InChI is InChI=1S/C15H23ClN2O4S.ClH/c1-21-14-4-3-12(16)11-15(14)23(19,20)18-8-5-13(6-9-18)22-10-2-7-17;/h3-4,11,13H,2,5-10,17H2,1H3;1H. The summed E-state index contributed by atoms with van der Waals surface area (Å²) < 4.78 is 38.0. The predicted octanol–water partition coefficient (Wildman–Crippen LogP) is 2.29. The second kappa shape index (κ2) is 9.79. The van der Waals surface area contributed by atoms with Crippen LogP contribution >= 0.6 is 24.0 Å².